The second-order valence-corrected chi connectivity index (χ2v) is 8.80. The summed E-state index contributed by atoms with van der Waals surface area (Å²) in [5.41, 5.74) is 2.42. The fraction of sp³-hybridized carbons (Fsp3) is 0.263. The van der Waals surface area contributed by atoms with Gasteiger partial charge in [0.25, 0.3) is 0 Å². The van der Waals surface area contributed by atoms with E-state index in [0.717, 1.165) is 18.4 Å². The Balaban J connectivity index is 1.53. The summed E-state index contributed by atoms with van der Waals surface area (Å²) in [6.45, 7) is 1.05. The first kappa shape index (κ1) is 16.6. The number of hydrogen-bond acceptors (Lipinski definition) is 2. The molecule has 2 heterocycles. The third-order valence-electron chi connectivity index (χ3n) is 4.95. The van der Waals surface area contributed by atoms with Crippen molar-refractivity contribution >= 4 is 32.5 Å². The molecule has 0 atom stereocenters. The predicted molar refractivity (Wildman–Crippen MR) is 100 cm³/mol. The average molecular weight is 375 g/mol. The van der Waals surface area contributed by atoms with Gasteiger partial charge in [0.2, 0.25) is 10.0 Å². The second-order valence-electron chi connectivity index (χ2n) is 6.43. The van der Waals surface area contributed by atoms with Crippen LogP contribution in [-0.2, 0) is 10.0 Å². The number of aromatic nitrogens is 1. The van der Waals surface area contributed by atoms with Gasteiger partial charge in [-0.15, -0.1) is 0 Å². The lowest BCUT2D eigenvalue weighted by atomic mass is 9.90. The van der Waals surface area contributed by atoms with E-state index in [-0.39, 0.29) is 4.90 Å². The zero-order valence-electron chi connectivity index (χ0n) is 13.7. The van der Waals surface area contributed by atoms with E-state index < -0.39 is 10.0 Å². The van der Waals surface area contributed by atoms with E-state index >= 15 is 0 Å². The molecular weight excluding hydrogens is 356 g/mol. The first-order valence-corrected chi connectivity index (χ1v) is 10.2. The van der Waals surface area contributed by atoms with Gasteiger partial charge >= 0.3 is 0 Å². The number of para-hydroxylation sites is 1. The highest BCUT2D eigenvalue weighted by atomic mass is 35.5. The van der Waals surface area contributed by atoms with E-state index in [2.05, 4.69) is 23.3 Å². The number of H-pyrrole nitrogens is 1. The molecule has 1 N–H and O–H groups in total. The molecule has 2 aromatic carbocycles. The van der Waals surface area contributed by atoms with Crippen LogP contribution in [0.5, 0.6) is 0 Å². The largest absolute Gasteiger partial charge is 0.361 e. The van der Waals surface area contributed by atoms with Crippen molar-refractivity contribution in [2.24, 2.45) is 0 Å². The van der Waals surface area contributed by atoms with Gasteiger partial charge in [-0.2, -0.15) is 4.31 Å². The Morgan fingerprint density at radius 2 is 1.80 bits per heavy atom. The van der Waals surface area contributed by atoms with Gasteiger partial charge in [-0.05, 0) is 48.6 Å². The molecule has 0 saturated carbocycles. The highest BCUT2D eigenvalue weighted by molar-refractivity contribution is 7.89. The van der Waals surface area contributed by atoms with Crippen molar-refractivity contribution in [3.63, 3.8) is 0 Å². The number of piperidine rings is 1. The van der Waals surface area contributed by atoms with E-state index in [0.29, 0.717) is 24.0 Å². The summed E-state index contributed by atoms with van der Waals surface area (Å²) in [5.74, 6) is 0.377. The summed E-state index contributed by atoms with van der Waals surface area (Å²) in [6.07, 6.45) is 3.71. The molecule has 1 aromatic heterocycles. The minimum absolute atomic E-state index is 0.269. The molecule has 0 bridgehead atoms. The summed E-state index contributed by atoms with van der Waals surface area (Å²) >= 11 is 5.95. The van der Waals surface area contributed by atoms with E-state index in [1.807, 2.05) is 12.1 Å². The minimum atomic E-state index is -3.48. The zero-order chi connectivity index (χ0) is 17.4. The van der Waals surface area contributed by atoms with Crippen LogP contribution in [0.1, 0.15) is 24.3 Å². The maximum Gasteiger partial charge on any atom is 0.243 e. The quantitative estimate of drug-likeness (QED) is 0.739. The van der Waals surface area contributed by atoms with Crippen molar-refractivity contribution in [2.45, 2.75) is 23.7 Å². The molecule has 1 aliphatic rings. The molecule has 25 heavy (non-hydrogen) atoms. The Kier molecular flexibility index (Phi) is 4.31. The third-order valence-corrected chi connectivity index (χ3v) is 7.08. The number of fused-ring (bicyclic) bond motifs is 1. The lowest BCUT2D eigenvalue weighted by molar-refractivity contribution is 0.320. The first-order chi connectivity index (χ1) is 12.1. The van der Waals surface area contributed by atoms with Crippen LogP contribution < -0.4 is 0 Å². The predicted octanol–water partition coefficient (Wildman–Crippen LogP) is 4.39. The molecule has 0 aliphatic carbocycles. The number of nitrogens with one attached hydrogen (secondary N) is 1. The number of halogens is 1. The smallest absolute Gasteiger partial charge is 0.243 e. The maximum absolute atomic E-state index is 12.8. The lowest BCUT2D eigenvalue weighted by Gasteiger charge is -2.31. The van der Waals surface area contributed by atoms with Crippen molar-refractivity contribution in [2.75, 3.05) is 13.1 Å². The van der Waals surface area contributed by atoms with Crippen molar-refractivity contribution in [3.05, 3.63) is 65.3 Å². The maximum atomic E-state index is 12.8. The summed E-state index contributed by atoms with van der Waals surface area (Å²) < 4.78 is 27.2. The highest BCUT2D eigenvalue weighted by Crippen LogP contribution is 2.34. The number of nitrogens with zero attached hydrogens (tertiary/aromatic N) is 1. The summed E-state index contributed by atoms with van der Waals surface area (Å²) in [4.78, 5) is 3.58. The van der Waals surface area contributed by atoms with Crippen LogP contribution >= 0.6 is 11.6 Å². The molecule has 6 heteroatoms. The molecule has 0 amide bonds. The fourth-order valence-electron chi connectivity index (χ4n) is 3.62. The molecule has 0 unspecified atom stereocenters. The van der Waals surface area contributed by atoms with Crippen molar-refractivity contribution in [1.82, 2.24) is 9.29 Å². The number of benzene rings is 2. The van der Waals surface area contributed by atoms with Crippen LogP contribution in [0, 0.1) is 0 Å². The van der Waals surface area contributed by atoms with Gasteiger partial charge in [0.05, 0.1) is 4.90 Å². The molecule has 1 saturated heterocycles. The topological polar surface area (TPSA) is 53.2 Å². The number of hydrogen-bond donors (Lipinski definition) is 1. The van der Waals surface area contributed by atoms with Gasteiger partial charge in [-0.3, -0.25) is 0 Å². The normalized spacial score (nSPS) is 17.2. The van der Waals surface area contributed by atoms with E-state index in [1.54, 1.807) is 22.5 Å². The second kappa shape index (κ2) is 6.48. The van der Waals surface area contributed by atoms with Crippen molar-refractivity contribution < 1.29 is 8.42 Å². The zero-order valence-corrected chi connectivity index (χ0v) is 15.2. The van der Waals surface area contributed by atoms with Crippen LogP contribution in [0.25, 0.3) is 10.9 Å². The Morgan fingerprint density at radius 3 is 2.56 bits per heavy atom. The molecule has 0 spiro atoms. The molecule has 1 fully saturated rings. The monoisotopic (exact) mass is 374 g/mol. The van der Waals surface area contributed by atoms with Gasteiger partial charge in [-0.25, -0.2) is 8.42 Å². The Morgan fingerprint density at radius 1 is 1.04 bits per heavy atom. The SMILES string of the molecule is O=S(=O)(c1cccc(Cl)c1)N1CCC(c2c[nH]c3ccccc23)CC1. The van der Waals surface area contributed by atoms with Gasteiger partial charge in [-0.1, -0.05) is 35.9 Å². The molecule has 0 radical (unpaired) electrons. The molecule has 130 valence electrons. The van der Waals surface area contributed by atoms with E-state index in [4.69, 9.17) is 11.6 Å². The molecular formula is C19H19ClN2O2S. The highest BCUT2D eigenvalue weighted by Gasteiger charge is 2.30. The van der Waals surface area contributed by atoms with Gasteiger partial charge in [0, 0.05) is 35.2 Å². The lowest BCUT2D eigenvalue weighted by Crippen LogP contribution is -2.37. The van der Waals surface area contributed by atoms with Crippen molar-refractivity contribution in [3.8, 4) is 0 Å². The number of sulfonamides is 1. The summed E-state index contributed by atoms with van der Waals surface area (Å²) in [5, 5.41) is 1.67. The first-order valence-electron chi connectivity index (χ1n) is 8.37. The van der Waals surface area contributed by atoms with Crippen LogP contribution in [0.4, 0.5) is 0 Å². The fourth-order valence-corrected chi connectivity index (χ4v) is 5.39. The summed E-state index contributed by atoms with van der Waals surface area (Å²) in [7, 11) is -3.48. The number of aromatic amines is 1. The van der Waals surface area contributed by atoms with Crippen LogP contribution in [0.3, 0.4) is 0 Å². The minimum Gasteiger partial charge on any atom is -0.361 e. The van der Waals surface area contributed by atoms with Crippen molar-refractivity contribution in [1.29, 1.82) is 0 Å². The van der Waals surface area contributed by atoms with Crippen LogP contribution in [-0.4, -0.2) is 30.8 Å². The molecule has 1 aliphatic heterocycles. The Bertz CT molecular complexity index is 1000. The molecule has 3 aromatic rings. The van der Waals surface area contributed by atoms with Gasteiger partial charge in [0.1, 0.15) is 0 Å². The van der Waals surface area contributed by atoms with E-state index in [9.17, 15) is 8.42 Å². The number of rotatable bonds is 3. The van der Waals surface area contributed by atoms with Crippen LogP contribution in [0.15, 0.2) is 59.6 Å². The summed E-state index contributed by atoms with van der Waals surface area (Å²) in [6, 6.07) is 14.7. The average Bonchev–Trinajstić information content (AvgIpc) is 3.06. The van der Waals surface area contributed by atoms with Crippen LogP contribution in [0.2, 0.25) is 5.02 Å². The van der Waals surface area contributed by atoms with Gasteiger partial charge in [0.15, 0.2) is 0 Å². The van der Waals surface area contributed by atoms with Gasteiger partial charge < -0.3 is 4.98 Å². The molecule has 4 rings (SSSR count). The van der Waals surface area contributed by atoms with E-state index in [1.165, 1.54) is 17.0 Å². The third kappa shape index (κ3) is 3.08. The Labute approximate surface area is 152 Å². The Hall–Kier alpha value is -1.82. The standard InChI is InChI=1S/C19H19ClN2O2S/c20-15-4-3-5-16(12-15)25(23,24)22-10-8-14(9-11-22)18-13-21-19-7-2-1-6-17(18)19/h1-7,12-14,21H,8-11H2. The molecule has 4 nitrogen and oxygen atoms in total.